The molecule has 3 rings (SSSR count). The van der Waals surface area contributed by atoms with Crippen LogP contribution in [0.15, 0.2) is 47.0 Å². The number of nitrogens with zero attached hydrogens (tertiary/aromatic N) is 2. The smallest absolute Gasteiger partial charge is 0.251 e. The third kappa shape index (κ3) is 4.08. The number of nitrogens with one attached hydrogen (secondary N) is 1. The van der Waals surface area contributed by atoms with Crippen LogP contribution in [0.5, 0.6) is 11.5 Å². The topological polar surface area (TPSA) is 86.5 Å². The lowest BCUT2D eigenvalue weighted by Gasteiger charge is -2.18. The van der Waals surface area contributed by atoms with Gasteiger partial charge in [-0.3, -0.25) is 4.79 Å². The highest BCUT2D eigenvalue weighted by atomic mass is 16.5. The molecule has 1 N–H and O–H groups in total. The van der Waals surface area contributed by atoms with Gasteiger partial charge < -0.3 is 19.3 Å². The zero-order valence-electron chi connectivity index (χ0n) is 15.6. The highest BCUT2D eigenvalue weighted by Gasteiger charge is 2.16. The number of rotatable bonds is 6. The molecule has 0 saturated carbocycles. The van der Waals surface area contributed by atoms with E-state index in [2.05, 4.69) is 15.5 Å². The van der Waals surface area contributed by atoms with Gasteiger partial charge in [-0.05, 0) is 31.2 Å². The second-order valence-electron chi connectivity index (χ2n) is 6.02. The average molecular weight is 367 g/mol. The molecule has 140 valence electrons. The number of hydrogen-bond acceptors (Lipinski definition) is 6. The van der Waals surface area contributed by atoms with E-state index in [0.29, 0.717) is 28.8 Å². The summed E-state index contributed by atoms with van der Waals surface area (Å²) in [4.78, 5) is 16.8. The summed E-state index contributed by atoms with van der Waals surface area (Å²) in [6.45, 7) is 3.63. The number of benzene rings is 2. The summed E-state index contributed by atoms with van der Waals surface area (Å²) in [6, 6.07) is 12.3. The Morgan fingerprint density at radius 3 is 2.44 bits per heavy atom. The molecule has 0 unspecified atom stereocenters. The van der Waals surface area contributed by atoms with Gasteiger partial charge in [0.05, 0.1) is 20.3 Å². The Labute approximate surface area is 157 Å². The summed E-state index contributed by atoms with van der Waals surface area (Å²) in [5.74, 6) is 2.16. The molecule has 1 amide bonds. The monoisotopic (exact) mass is 367 g/mol. The standard InChI is InChI=1S/C20H21N3O4/c1-12(17-10-9-16(25-3)11-18(17)26-4)21-20(24)15-7-5-14(6-8-15)19-22-13(2)27-23-19/h5-12H,1-4H3,(H,21,24)/t12-/m0/s1. The van der Waals surface area contributed by atoms with E-state index in [1.165, 1.54) is 0 Å². The van der Waals surface area contributed by atoms with Gasteiger partial charge in [0.1, 0.15) is 11.5 Å². The molecule has 27 heavy (non-hydrogen) atoms. The predicted octanol–water partition coefficient (Wildman–Crippen LogP) is 3.55. The minimum atomic E-state index is -0.238. The summed E-state index contributed by atoms with van der Waals surface area (Å²) in [5.41, 5.74) is 2.19. The summed E-state index contributed by atoms with van der Waals surface area (Å²) >= 11 is 0. The molecule has 1 aromatic heterocycles. The molecular formula is C20H21N3O4. The van der Waals surface area contributed by atoms with Crippen molar-refractivity contribution in [2.24, 2.45) is 0 Å². The molecule has 0 radical (unpaired) electrons. The molecule has 0 saturated heterocycles. The summed E-state index contributed by atoms with van der Waals surface area (Å²) in [6.07, 6.45) is 0. The molecule has 7 heteroatoms. The Morgan fingerprint density at radius 1 is 1.11 bits per heavy atom. The Bertz CT molecular complexity index is 935. The van der Waals surface area contributed by atoms with Gasteiger partial charge in [0, 0.05) is 29.7 Å². The van der Waals surface area contributed by atoms with Crippen LogP contribution in [-0.4, -0.2) is 30.3 Å². The lowest BCUT2D eigenvalue weighted by Crippen LogP contribution is -2.26. The SMILES string of the molecule is COc1ccc([C@H](C)NC(=O)c2ccc(-c3noc(C)n3)cc2)c(OC)c1. The maximum atomic E-state index is 12.6. The van der Waals surface area contributed by atoms with E-state index in [1.807, 2.05) is 19.1 Å². The van der Waals surface area contributed by atoms with Gasteiger partial charge in [0.2, 0.25) is 11.7 Å². The highest BCUT2D eigenvalue weighted by molar-refractivity contribution is 5.94. The maximum Gasteiger partial charge on any atom is 0.251 e. The molecule has 3 aromatic rings. The van der Waals surface area contributed by atoms with Gasteiger partial charge in [0.25, 0.3) is 5.91 Å². The van der Waals surface area contributed by atoms with E-state index in [9.17, 15) is 4.79 Å². The second kappa shape index (κ2) is 7.90. The van der Waals surface area contributed by atoms with Crippen molar-refractivity contribution in [1.29, 1.82) is 0 Å². The van der Waals surface area contributed by atoms with Crippen LogP contribution in [0.4, 0.5) is 0 Å². The quantitative estimate of drug-likeness (QED) is 0.717. The van der Waals surface area contributed by atoms with Crippen molar-refractivity contribution in [1.82, 2.24) is 15.5 Å². The van der Waals surface area contributed by atoms with E-state index in [0.717, 1.165) is 11.1 Å². The molecule has 0 aliphatic rings. The van der Waals surface area contributed by atoms with Gasteiger partial charge in [-0.2, -0.15) is 4.98 Å². The number of carbonyl (C=O) groups excluding carboxylic acids is 1. The number of aromatic nitrogens is 2. The van der Waals surface area contributed by atoms with Crippen LogP contribution in [-0.2, 0) is 0 Å². The Morgan fingerprint density at radius 2 is 1.85 bits per heavy atom. The van der Waals surface area contributed by atoms with Crippen molar-refractivity contribution in [3.63, 3.8) is 0 Å². The number of aryl methyl sites for hydroxylation is 1. The van der Waals surface area contributed by atoms with E-state index in [-0.39, 0.29) is 11.9 Å². The van der Waals surface area contributed by atoms with Crippen molar-refractivity contribution in [3.8, 4) is 22.9 Å². The molecule has 0 aliphatic carbocycles. The van der Waals surface area contributed by atoms with Crippen LogP contribution in [0.1, 0.15) is 34.8 Å². The van der Waals surface area contributed by atoms with E-state index in [1.54, 1.807) is 51.5 Å². The first-order valence-corrected chi connectivity index (χ1v) is 8.45. The third-order valence-electron chi connectivity index (χ3n) is 4.19. The van der Waals surface area contributed by atoms with Crippen molar-refractivity contribution >= 4 is 5.91 Å². The first-order valence-electron chi connectivity index (χ1n) is 8.45. The summed E-state index contributed by atoms with van der Waals surface area (Å²) in [5, 5.41) is 6.85. The zero-order chi connectivity index (χ0) is 19.4. The molecule has 0 fully saturated rings. The van der Waals surface area contributed by atoms with E-state index in [4.69, 9.17) is 14.0 Å². The average Bonchev–Trinajstić information content (AvgIpc) is 3.13. The number of hydrogen-bond donors (Lipinski definition) is 1. The lowest BCUT2D eigenvalue weighted by molar-refractivity contribution is 0.0939. The van der Waals surface area contributed by atoms with Crippen LogP contribution in [0.2, 0.25) is 0 Å². The first kappa shape index (κ1) is 18.4. The number of methoxy groups -OCH3 is 2. The molecule has 1 heterocycles. The molecule has 0 aliphatic heterocycles. The molecule has 7 nitrogen and oxygen atoms in total. The van der Waals surface area contributed by atoms with Crippen molar-refractivity contribution in [3.05, 3.63) is 59.5 Å². The largest absolute Gasteiger partial charge is 0.497 e. The zero-order valence-corrected chi connectivity index (χ0v) is 15.6. The Balaban J connectivity index is 1.73. The maximum absolute atomic E-state index is 12.6. The number of ether oxygens (including phenoxy) is 2. The van der Waals surface area contributed by atoms with E-state index < -0.39 is 0 Å². The third-order valence-corrected chi connectivity index (χ3v) is 4.19. The Kier molecular flexibility index (Phi) is 5.40. The summed E-state index contributed by atoms with van der Waals surface area (Å²) < 4.78 is 15.6. The van der Waals surface area contributed by atoms with Crippen LogP contribution < -0.4 is 14.8 Å². The van der Waals surface area contributed by atoms with Gasteiger partial charge >= 0.3 is 0 Å². The normalized spacial score (nSPS) is 11.7. The molecule has 2 aromatic carbocycles. The van der Waals surface area contributed by atoms with Crippen LogP contribution in [0.3, 0.4) is 0 Å². The van der Waals surface area contributed by atoms with Crippen LogP contribution in [0.25, 0.3) is 11.4 Å². The first-order chi connectivity index (χ1) is 13.0. The minimum Gasteiger partial charge on any atom is -0.497 e. The van der Waals surface area contributed by atoms with Crippen molar-refractivity contribution in [2.45, 2.75) is 19.9 Å². The summed E-state index contributed by atoms with van der Waals surface area (Å²) in [7, 11) is 3.18. The predicted molar refractivity (Wildman–Crippen MR) is 99.9 cm³/mol. The molecular weight excluding hydrogens is 346 g/mol. The number of amides is 1. The van der Waals surface area contributed by atoms with E-state index >= 15 is 0 Å². The van der Waals surface area contributed by atoms with Crippen molar-refractivity contribution in [2.75, 3.05) is 14.2 Å². The van der Waals surface area contributed by atoms with Gasteiger partial charge in [-0.1, -0.05) is 17.3 Å². The van der Waals surface area contributed by atoms with Crippen LogP contribution in [0, 0.1) is 6.92 Å². The fourth-order valence-corrected chi connectivity index (χ4v) is 2.72. The Hall–Kier alpha value is -3.35. The fraction of sp³-hybridized carbons (Fsp3) is 0.250. The van der Waals surface area contributed by atoms with Gasteiger partial charge in [0.15, 0.2) is 0 Å². The van der Waals surface area contributed by atoms with Gasteiger partial charge in [-0.15, -0.1) is 0 Å². The second-order valence-corrected chi connectivity index (χ2v) is 6.02. The van der Waals surface area contributed by atoms with Gasteiger partial charge in [-0.25, -0.2) is 0 Å². The lowest BCUT2D eigenvalue weighted by atomic mass is 10.1. The molecule has 0 spiro atoms. The molecule has 1 atom stereocenters. The van der Waals surface area contributed by atoms with Crippen LogP contribution >= 0.6 is 0 Å². The highest BCUT2D eigenvalue weighted by Crippen LogP contribution is 2.29. The number of carbonyl (C=O) groups is 1. The van der Waals surface area contributed by atoms with Crippen molar-refractivity contribution < 1.29 is 18.8 Å². The minimum absolute atomic E-state index is 0.184. The fourth-order valence-electron chi connectivity index (χ4n) is 2.72. The molecule has 0 bridgehead atoms.